The van der Waals surface area contributed by atoms with Gasteiger partial charge in [-0.2, -0.15) is 0 Å². The van der Waals surface area contributed by atoms with Crippen LogP contribution in [-0.2, 0) is 18.9 Å². The molecule has 2 aliphatic rings. The molecule has 2 aliphatic heterocycles. The van der Waals surface area contributed by atoms with E-state index in [0.717, 1.165) is 0 Å². The van der Waals surface area contributed by atoms with Crippen molar-refractivity contribution in [3.05, 3.63) is 0 Å². The second-order valence-corrected chi connectivity index (χ2v) is 5.72. The molecule has 2 rings (SSSR count). The lowest BCUT2D eigenvalue weighted by atomic mass is 9.97. The predicted octanol–water partition coefficient (Wildman–Crippen LogP) is -3.72. The summed E-state index contributed by atoms with van der Waals surface area (Å²) in [5.41, 5.74) is 0. The molecule has 0 radical (unpaired) electrons. The van der Waals surface area contributed by atoms with Gasteiger partial charge in [0.25, 0.3) is 0 Å². The highest BCUT2D eigenvalue weighted by Gasteiger charge is 2.49. The summed E-state index contributed by atoms with van der Waals surface area (Å²) in [7, 11) is 1.31. The maximum Gasteiger partial charge on any atom is 0.187 e. The molecule has 2 fully saturated rings. The summed E-state index contributed by atoms with van der Waals surface area (Å²) in [6.45, 7) is 0.967. The Kier molecular flexibility index (Phi) is 6.30. The number of aliphatic hydroxyl groups is 6. The smallest absolute Gasteiger partial charge is 0.187 e. The molecular weight excluding hydrogens is 316 g/mol. The molecule has 0 unspecified atom stereocenters. The molecule has 0 bridgehead atoms. The lowest BCUT2D eigenvalue weighted by Gasteiger charge is -2.45. The van der Waals surface area contributed by atoms with Crippen molar-refractivity contribution in [2.75, 3.05) is 13.7 Å². The van der Waals surface area contributed by atoms with Gasteiger partial charge in [-0.05, 0) is 6.92 Å². The van der Waals surface area contributed by atoms with Crippen molar-refractivity contribution in [3.63, 3.8) is 0 Å². The monoisotopic (exact) mass is 340 g/mol. The van der Waals surface area contributed by atoms with E-state index in [9.17, 15) is 25.5 Å². The van der Waals surface area contributed by atoms with Crippen LogP contribution in [0, 0.1) is 0 Å². The molecule has 23 heavy (non-hydrogen) atoms. The van der Waals surface area contributed by atoms with Crippen LogP contribution in [0.15, 0.2) is 0 Å². The molecule has 0 aromatic rings. The number of hydrogen-bond donors (Lipinski definition) is 6. The molecular formula is C13H24O10. The molecule has 136 valence electrons. The molecule has 0 spiro atoms. The minimum atomic E-state index is -1.61. The zero-order valence-electron chi connectivity index (χ0n) is 12.8. The summed E-state index contributed by atoms with van der Waals surface area (Å²) in [4.78, 5) is 0. The summed E-state index contributed by atoms with van der Waals surface area (Å²) in [5.74, 6) is 0. The molecule has 0 amide bonds. The van der Waals surface area contributed by atoms with Gasteiger partial charge in [0.15, 0.2) is 12.6 Å². The van der Waals surface area contributed by atoms with E-state index in [4.69, 9.17) is 24.1 Å². The highest BCUT2D eigenvalue weighted by molar-refractivity contribution is 4.93. The van der Waals surface area contributed by atoms with Gasteiger partial charge in [-0.3, -0.25) is 0 Å². The summed E-state index contributed by atoms with van der Waals surface area (Å²) >= 11 is 0. The van der Waals surface area contributed by atoms with Crippen LogP contribution in [0.3, 0.4) is 0 Å². The van der Waals surface area contributed by atoms with Crippen molar-refractivity contribution >= 4 is 0 Å². The number of methoxy groups -OCH3 is 1. The van der Waals surface area contributed by atoms with Crippen molar-refractivity contribution in [3.8, 4) is 0 Å². The summed E-state index contributed by atoms with van der Waals surface area (Å²) in [6, 6.07) is 0. The number of aliphatic hydroxyl groups excluding tert-OH is 6. The molecule has 0 aromatic heterocycles. The topological polar surface area (TPSA) is 158 Å². The Labute approximate surface area is 132 Å². The van der Waals surface area contributed by atoms with Crippen LogP contribution < -0.4 is 0 Å². The summed E-state index contributed by atoms with van der Waals surface area (Å²) in [5, 5.41) is 58.5. The van der Waals surface area contributed by atoms with Crippen molar-refractivity contribution in [2.45, 2.75) is 68.3 Å². The molecule has 10 atom stereocenters. The van der Waals surface area contributed by atoms with Gasteiger partial charge in [0.1, 0.15) is 42.7 Å². The second-order valence-electron chi connectivity index (χ2n) is 5.72. The average molecular weight is 340 g/mol. The largest absolute Gasteiger partial charge is 0.394 e. The molecule has 2 saturated heterocycles. The fraction of sp³-hybridized carbons (Fsp3) is 1.00. The lowest BCUT2D eigenvalue weighted by Crippen LogP contribution is -2.63. The first-order valence-corrected chi connectivity index (χ1v) is 7.32. The Morgan fingerprint density at radius 1 is 0.826 bits per heavy atom. The third kappa shape index (κ3) is 3.66. The Hall–Kier alpha value is -0.400. The number of ether oxygens (including phenoxy) is 4. The van der Waals surface area contributed by atoms with Crippen molar-refractivity contribution in [1.82, 2.24) is 0 Å². The third-order valence-electron chi connectivity index (χ3n) is 4.15. The molecule has 10 heteroatoms. The van der Waals surface area contributed by atoms with Gasteiger partial charge in [-0.25, -0.2) is 0 Å². The Bertz CT molecular complexity index is 380. The van der Waals surface area contributed by atoms with Crippen LogP contribution in [0.25, 0.3) is 0 Å². The quantitative estimate of drug-likeness (QED) is 0.300. The normalized spacial score (nSPS) is 51.7. The second kappa shape index (κ2) is 7.66. The summed E-state index contributed by atoms with van der Waals surface area (Å²) < 4.78 is 20.9. The van der Waals surface area contributed by atoms with E-state index in [1.807, 2.05) is 0 Å². The van der Waals surface area contributed by atoms with E-state index in [2.05, 4.69) is 0 Å². The third-order valence-corrected chi connectivity index (χ3v) is 4.15. The minimum absolute atomic E-state index is 0.599. The maximum atomic E-state index is 10.1. The van der Waals surface area contributed by atoms with Crippen LogP contribution in [0.4, 0.5) is 0 Å². The molecule has 6 N–H and O–H groups in total. The predicted molar refractivity (Wildman–Crippen MR) is 72.0 cm³/mol. The standard InChI is InChI=1S/C13H24O10/c1-4-11(8(17)10(19)12(20-2)21-4)23-13-9(18)7(16)6(15)5(3-14)22-13/h4-19H,3H2,1-2H3/t4-,5-,6+,7+,8-,9-,10-,11-,12-,13+/m1/s1. The van der Waals surface area contributed by atoms with E-state index in [1.54, 1.807) is 6.92 Å². The zero-order chi connectivity index (χ0) is 17.3. The first kappa shape index (κ1) is 18.9. The SMILES string of the molecule is CO[C@@H]1O[C@H](C)[C@@H](O[C@@H]2O[C@H](CO)[C@H](O)[C@H](O)[C@H]2O)[C@H](O)[C@H]1O. The van der Waals surface area contributed by atoms with Gasteiger partial charge < -0.3 is 49.6 Å². The zero-order valence-corrected chi connectivity index (χ0v) is 12.8. The lowest BCUT2D eigenvalue weighted by molar-refractivity contribution is -0.353. The Balaban J connectivity index is 2.08. The van der Waals surface area contributed by atoms with Crippen LogP contribution in [0.2, 0.25) is 0 Å². The van der Waals surface area contributed by atoms with Crippen LogP contribution >= 0.6 is 0 Å². The van der Waals surface area contributed by atoms with Gasteiger partial charge >= 0.3 is 0 Å². The first-order chi connectivity index (χ1) is 10.8. The van der Waals surface area contributed by atoms with E-state index < -0.39 is 68.0 Å². The van der Waals surface area contributed by atoms with E-state index in [1.165, 1.54) is 7.11 Å². The van der Waals surface area contributed by atoms with E-state index in [-0.39, 0.29) is 0 Å². The van der Waals surface area contributed by atoms with E-state index >= 15 is 0 Å². The Morgan fingerprint density at radius 3 is 2.00 bits per heavy atom. The molecule has 0 aliphatic carbocycles. The van der Waals surface area contributed by atoms with Crippen LogP contribution in [-0.4, -0.2) is 106 Å². The van der Waals surface area contributed by atoms with Crippen molar-refractivity contribution in [2.24, 2.45) is 0 Å². The highest BCUT2D eigenvalue weighted by Crippen LogP contribution is 2.29. The maximum absolute atomic E-state index is 10.1. The van der Waals surface area contributed by atoms with Crippen LogP contribution in [0.1, 0.15) is 6.92 Å². The van der Waals surface area contributed by atoms with Gasteiger partial charge in [0.05, 0.1) is 12.7 Å². The molecule has 0 aromatic carbocycles. The average Bonchev–Trinajstić information content (AvgIpc) is 2.54. The molecule has 2 heterocycles. The highest BCUT2D eigenvalue weighted by atomic mass is 16.7. The summed E-state index contributed by atoms with van der Waals surface area (Å²) in [6.07, 6.45) is -12.9. The van der Waals surface area contributed by atoms with Gasteiger partial charge in [0.2, 0.25) is 0 Å². The first-order valence-electron chi connectivity index (χ1n) is 7.32. The number of hydrogen-bond acceptors (Lipinski definition) is 10. The van der Waals surface area contributed by atoms with Crippen LogP contribution in [0.5, 0.6) is 0 Å². The van der Waals surface area contributed by atoms with Gasteiger partial charge in [-0.1, -0.05) is 0 Å². The van der Waals surface area contributed by atoms with E-state index in [0.29, 0.717) is 0 Å². The molecule has 0 saturated carbocycles. The Morgan fingerprint density at radius 2 is 1.43 bits per heavy atom. The molecule has 10 nitrogen and oxygen atoms in total. The number of rotatable bonds is 4. The van der Waals surface area contributed by atoms with Crippen molar-refractivity contribution in [1.29, 1.82) is 0 Å². The fourth-order valence-corrected chi connectivity index (χ4v) is 2.72. The minimum Gasteiger partial charge on any atom is -0.394 e. The fourth-order valence-electron chi connectivity index (χ4n) is 2.72. The van der Waals surface area contributed by atoms with Gasteiger partial charge in [0, 0.05) is 7.11 Å². The van der Waals surface area contributed by atoms with Crippen molar-refractivity contribution < 1.29 is 49.6 Å². The van der Waals surface area contributed by atoms with Gasteiger partial charge in [-0.15, -0.1) is 0 Å².